The second-order valence-electron chi connectivity index (χ2n) is 5.48. The summed E-state index contributed by atoms with van der Waals surface area (Å²) in [6, 6.07) is 8.92. The minimum atomic E-state index is 0.392. The molecule has 4 heteroatoms. The summed E-state index contributed by atoms with van der Waals surface area (Å²) in [6.45, 7) is 5.08. The summed E-state index contributed by atoms with van der Waals surface area (Å²) in [6.07, 6.45) is 4.95. The molecule has 1 aromatic heterocycles. The van der Waals surface area contributed by atoms with Crippen LogP contribution in [0.1, 0.15) is 19.8 Å². The van der Waals surface area contributed by atoms with Crippen molar-refractivity contribution in [2.75, 3.05) is 13.2 Å². The van der Waals surface area contributed by atoms with Crippen LogP contribution in [0.25, 0.3) is 10.9 Å². The van der Waals surface area contributed by atoms with Crippen LogP contribution in [-0.2, 0) is 11.3 Å². The second kappa shape index (κ2) is 6.29. The smallest absolute Gasteiger partial charge is 0.0726 e. The minimum Gasteiger partial charge on any atom is -0.377 e. The maximum atomic E-state index is 5.72. The van der Waals surface area contributed by atoms with Crippen molar-refractivity contribution in [1.82, 2.24) is 9.88 Å². The fraction of sp³-hybridized carbons (Fsp3) is 0.500. The third kappa shape index (κ3) is 2.92. The van der Waals surface area contributed by atoms with Crippen LogP contribution in [0, 0.1) is 0 Å². The van der Waals surface area contributed by atoms with E-state index < -0.39 is 0 Å². The fourth-order valence-electron chi connectivity index (χ4n) is 2.93. The van der Waals surface area contributed by atoms with Gasteiger partial charge in [-0.05, 0) is 41.8 Å². The Labute approximate surface area is 128 Å². The lowest BCUT2D eigenvalue weighted by atomic mass is 10.1. The zero-order chi connectivity index (χ0) is 13.9. The Kier molecular flexibility index (Phi) is 4.44. The third-order valence-corrected chi connectivity index (χ3v) is 4.71. The maximum Gasteiger partial charge on any atom is 0.0726 e. The first-order chi connectivity index (χ1) is 9.75. The average Bonchev–Trinajstić information content (AvgIpc) is 3.09. The highest BCUT2D eigenvalue weighted by atomic mass is 79.9. The lowest BCUT2D eigenvalue weighted by Gasteiger charge is -2.20. The number of nitrogens with zero attached hydrogens (tertiary/aromatic N) is 1. The monoisotopic (exact) mass is 336 g/mol. The summed E-state index contributed by atoms with van der Waals surface area (Å²) in [5.41, 5.74) is 1.28. The van der Waals surface area contributed by atoms with Crippen LogP contribution in [0.3, 0.4) is 0 Å². The number of hydrogen-bond acceptors (Lipinski definition) is 2. The van der Waals surface area contributed by atoms with E-state index in [9.17, 15) is 0 Å². The summed E-state index contributed by atoms with van der Waals surface area (Å²) in [7, 11) is 0. The third-order valence-electron chi connectivity index (χ3n) is 4.08. The summed E-state index contributed by atoms with van der Waals surface area (Å²) in [4.78, 5) is 0. The van der Waals surface area contributed by atoms with E-state index in [1.54, 1.807) is 0 Å². The number of para-hydroxylation sites is 1. The highest BCUT2D eigenvalue weighted by Gasteiger charge is 2.21. The van der Waals surface area contributed by atoms with E-state index in [0.717, 1.165) is 19.7 Å². The van der Waals surface area contributed by atoms with Crippen LogP contribution in [0.4, 0.5) is 0 Å². The number of nitrogens with one attached hydrogen (secondary N) is 1. The summed E-state index contributed by atoms with van der Waals surface area (Å²) >= 11 is 3.63. The summed E-state index contributed by atoms with van der Waals surface area (Å²) in [5, 5.41) is 4.86. The normalized spacial score (nSPS) is 20.6. The molecule has 1 fully saturated rings. The molecule has 2 heterocycles. The quantitative estimate of drug-likeness (QED) is 0.903. The molecule has 1 aromatic carbocycles. The average molecular weight is 337 g/mol. The van der Waals surface area contributed by atoms with E-state index in [-0.39, 0.29) is 0 Å². The number of hydrogen-bond donors (Lipinski definition) is 1. The minimum absolute atomic E-state index is 0.392. The van der Waals surface area contributed by atoms with Crippen molar-refractivity contribution in [1.29, 1.82) is 0 Å². The zero-order valence-corrected chi connectivity index (χ0v) is 13.4. The van der Waals surface area contributed by atoms with Gasteiger partial charge in [-0.1, -0.05) is 18.2 Å². The molecule has 1 saturated heterocycles. The van der Waals surface area contributed by atoms with Crippen LogP contribution in [0.2, 0.25) is 0 Å². The van der Waals surface area contributed by atoms with Gasteiger partial charge in [0.15, 0.2) is 0 Å². The first-order valence-electron chi connectivity index (χ1n) is 7.34. The van der Waals surface area contributed by atoms with Gasteiger partial charge in [0, 0.05) is 47.3 Å². The number of rotatable bonds is 5. The van der Waals surface area contributed by atoms with Gasteiger partial charge in [-0.2, -0.15) is 0 Å². The molecule has 0 bridgehead atoms. The molecule has 3 nitrogen and oxygen atoms in total. The first-order valence-corrected chi connectivity index (χ1v) is 8.13. The van der Waals surface area contributed by atoms with E-state index in [1.807, 2.05) is 0 Å². The van der Waals surface area contributed by atoms with E-state index in [2.05, 4.69) is 63.2 Å². The number of benzene rings is 1. The maximum absolute atomic E-state index is 5.72. The van der Waals surface area contributed by atoms with Gasteiger partial charge >= 0.3 is 0 Å². The van der Waals surface area contributed by atoms with Gasteiger partial charge in [0.2, 0.25) is 0 Å². The van der Waals surface area contributed by atoms with Crippen molar-refractivity contribution >= 4 is 26.8 Å². The van der Waals surface area contributed by atoms with Crippen molar-refractivity contribution < 1.29 is 4.74 Å². The topological polar surface area (TPSA) is 26.2 Å². The van der Waals surface area contributed by atoms with Crippen LogP contribution in [0.5, 0.6) is 0 Å². The summed E-state index contributed by atoms with van der Waals surface area (Å²) < 4.78 is 9.18. The largest absolute Gasteiger partial charge is 0.377 e. The lowest BCUT2D eigenvalue weighted by molar-refractivity contribution is 0.0835. The van der Waals surface area contributed by atoms with Gasteiger partial charge in [-0.15, -0.1) is 0 Å². The second-order valence-corrected chi connectivity index (χ2v) is 6.34. The van der Waals surface area contributed by atoms with Gasteiger partial charge in [0.1, 0.15) is 0 Å². The number of fused-ring (bicyclic) bond motifs is 1. The number of ether oxygens (including phenoxy) is 1. The predicted octanol–water partition coefficient (Wildman–Crippen LogP) is 3.56. The Balaban J connectivity index is 1.60. The van der Waals surface area contributed by atoms with E-state index in [4.69, 9.17) is 4.74 Å². The van der Waals surface area contributed by atoms with Crippen molar-refractivity contribution in [3.05, 3.63) is 34.9 Å². The SMILES string of the molecule is CC(NCCn1cc(Br)c2ccccc21)C1CCCO1. The van der Waals surface area contributed by atoms with Crippen LogP contribution in [-0.4, -0.2) is 29.9 Å². The summed E-state index contributed by atoms with van der Waals surface area (Å²) in [5.74, 6) is 0. The number of aromatic nitrogens is 1. The zero-order valence-electron chi connectivity index (χ0n) is 11.8. The van der Waals surface area contributed by atoms with Crippen molar-refractivity contribution in [2.45, 2.75) is 38.5 Å². The highest BCUT2D eigenvalue weighted by Crippen LogP contribution is 2.25. The Morgan fingerprint density at radius 2 is 2.30 bits per heavy atom. The molecule has 108 valence electrons. The van der Waals surface area contributed by atoms with Crippen LogP contribution >= 0.6 is 15.9 Å². The van der Waals surface area contributed by atoms with E-state index >= 15 is 0 Å². The molecule has 20 heavy (non-hydrogen) atoms. The molecular formula is C16H21BrN2O. The Morgan fingerprint density at radius 1 is 1.45 bits per heavy atom. The van der Waals surface area contributed by atoms with Crippen molar-refractivity contribution in [3.8, 4) is 0 Å². The van der Waals surface area contributed by atoms with Gasteiger partial charge in [-0.3, -0.25) is 0 Å². The molecule has 1 aliphatic heterocycles. The van der Waals surface area contributed by atoms with Crippen LogP contribution in [0.15, 0.2) is 34.9 Å². The molecule has 2 unspecified atom stereocenters. The van der Waals surface area contributed by atoms with Crippen molar-refractivity contribution in [2.24, 2.45) is 0 Å². The predicted molar refractivity (Wildman–Crippen MR) is 86.1 cm³/mol. The Morgan fingerprint density at radius 3 is 3.10 bits per heavy atom. The van der Waals surface area contributed by atoms with Gasteiger partial charge in [0.05, 0.1) is 6.10 Å². The van der Waals surface area contributed by atoms with Gasteiger partial charge in [-0.25, -0.2) is 0 Å². The van der Waals surface area contributed by atoms with Gasteiger partial charge in [0.25, 0.3) is 0 Å². The lowest BCUT2D eigenvalue weighted by Crippen LogP contribution is -2.38. The van der Waals surface area contributed by atoms with E-state index in [0.29, 0.717) is 12.1 Å². The molecule has 0 aliphatic carbocycles. The Bertz CT molecular complexity index is 575. The van der Waals surface area contributed by atoms with Crippen LogP contribution < -0.4 is 5.32 Å². The van der Waals surface area contributed by atoms with Gasteiger partial charge < -0.3 is 14.6 Å². The molecule has 0 spiro atoms. The molecule has 3 rings (SSSR count). The molecule has 1 N–H and O–H groups in total. The highest BCUT2D eigenvalue weighted by molar-refractivity contribution is 9.10. The number of halogens is 1. The Hall–Kier alpha value is -0.840. The molecular weight excluding hydrogens is 316 g/mol. The molecule has 1 aliphatic rings. The molecule has 2 atom stereocenters. The van der Waals surface area contributed by atoms with Crippen molar-refractivity contribution in [3.63, 3.8) is 0 Å². The molecule has 2 aromatic rings. The van der Waals surface area contributed by atoms with E-state index in [1.165, 1.54) is 28.2 Å². The standard InChI is InChI=1S/C16H21BrN2O/c1-12(16-7-4-10-20-16)18-8-9-19-11-14(17)13-5-2-3-6-15(13)19/h2-3,5-6,11-12,16,18H,4,7-10H2,1H3. The fourth-order valence-corrected chi connectivity index (χ4v) is 3.51. The first kappa shape index (κ1) is 14.1. The molecule has 0 amide bonds. The molecule has 0 radical (unpaired) electrons. The molecule has 0 saturated carbocycles.